The molecule has 0 atom stereocenters. The summed E-state index contributed by atoms with van der Waals surface area (Å²) in [5.41, 5.74) is 2.41. The minimum Gasteiger partial charge on any atom is -0.294 e. The van der Waals surface area contributed by atoms with E-state index in [9.17, 15) is 4.79 Å². The lowest BCUT2D eigenvalue weighted by atomic mass is 10.1. The molecule has 18 heavy (non-hydrogen) atoms. The summed E-state index contributed by atoms with van der Waals surface area (Å²) < 4.78 is 2.66. The molecular weight excluding hydrogens is 296 g/mol. The van der Waals surface area contributed by atoms with Gasteiger partial charge in [0.25, 0.3) is 0 Å². The first-order valence-electron chi connectivity index (χ1n) is 5.63. The van der Waals surface area contributed by atoms with Gasteiger partial charge in [0.2, 0.25) is 0 Å². The minimum atomic E-state index is 0.0104. The average molecular weight is 309 g/mol. The molecule has 0 amide bonds. The molecule has 0 N–H and O–H groups in total. The van der Waals surface area contributed by atoms with E-state index in [0.29, 0.717) is 12.0 Å². The van der Waals surface area contributed by atoms with Crippen LogP contribution < -0.4 is 0 Å². The molecule has 0 spiro atoms. The van der Waals surface area contributed by atoms with Gasteiger partial charge in [0.1, 0.15) is 0 Å². The quantitative estimate of drug-likeness (QED) is 0.810. The largest absolute Gasteiger partial charge is 0.294 e. The van der Waals surface area contributed by atoms with E-state index in [1.54, 1.807) is 10.7 Å². The van der Waals surface area contributed by atoms with Crippen LogP contribution in [0.1, 0.15) is 28.7 Å². The standard InChI is InChI=1S/C12H13BrN4O/c1-3-9-12(13)10(17(2)16-9)6-11(18)8-4-5-14-15-7-8/h4-5,7H,3,6H2,1-2H3. The molecule has 0 fully saturated rings. The van der Waals surface area contributed by atoms with Crippen LogP contribution in [0.25, 0.3) is 0 Å². The van der Waals surface area contributed by atoms with Gasteiger partial charge in [0, 0.05) is 12.6 Å². The van der Waals surface area contributed by atoms with Crippen LogP contribution in [0.4, 0.5) is 0 Å². The van der Waals surface area contributed by atoms with Crippen molar-refractivity contribution in [2.24, 2.45) is 7.05 Å². The Morgan fingerprint density at radius 2 is 2.22 bits per heavy atom. The smallest absolute Gasteiger partial charge is 0.170 e. The summed E-state index contributed by atoms with van der Waals surface area (Å²) in [5.74, 6) is 0.0104. The Labute approximate surface area is 113 Å². The Balaban J connectivity index is 2.25. The summed E-state index contributed by atoms with van der Waals surface area (Å²) in [6.07, 6.45) is 4.13. The van der Waals surface area contributed by atoms with Crippen molar-refractivity contribution in [1.29, 1.82) is 0 Å². The topological polar surface area (TPSA) is 60.7 Å². The lowest BCUT2D eigenvalue weighted by Gasteiger charge is -2.02. The number of carbonyl (C=O) groups is 1. The van der Waals surface area contributed by atoms with Crippen molar-refractivity contribution in [3.8, 4) is 0 Å². The van der Waals surface area contributed by atoms with Crippen LogP contribution >= 0.6 is 15.9 Å². The fourth-order valence-electron chi connectivity index (χ4n) is 1.72. The molecule has 2 aromatic rings. The number of nitrogens with zero attached hydrogens (tertiary/aromatic N) is 4. The molecule has 0 radical (unpaired) electrons. The Morgan fingerprint density at radius 3 is 2.78 bits per heavy atom. The average Bonchev–Trinajstić information content (AvgIpc) is 2.67. The van der Waals surface area contributed by atoms with Crippen LogP contribution in [0.5, 0.6) is 0 Å². The van der Waals surface area contributed by atoms with Crippen molar-refractivity contribution < 1.29 is 4.79 Å². The van der Waals surface area contributed by atoms with Crippen LogP contribution in [0.3, 0.4) is 0 Å². The molecule has 6 heteroatoms. The van der Waals surface area contributed by atoms with Gasteiger partial charge < -0.3 is 0 Å². The molecule has 0 aliphatic carbocycles. The van der Waals surface area contributed by atoms with Crippen molar-refractivity contribution in [1.82, 2.24) is 20.0 Å². The number of aryl methyl sites for hydroxylation is 2. The Kier molecular flexibility index (Phi) is 3.86. The highest BCUT2D eigenvalue weighted by molar-refractivity contribution is 9.10. The number of hydrogen-bond donors (Lipinski definition) is 0. The number of aromatic nitrogens is 4. The van der Waals surface area contributed by atoms with Crippen LogP contribution in [0.15, 0.2) is 22.9 Å². The number of Topliss-reactive ketones (excluding diaryl/α,β-unsaturated/α-hetero) is 1. The highest BCUT2D eigenvalue weighted by Gasteiger charge is 2.16. The van der Waals surface area contributed by atoms with Crippen molar-refractivity contribution >= 4 is 21.7 Å². The Morgan fingerprint density at radius 1 is 1.44 bits per heavy atom. The first kappa shape index (κ1) is 12.9. The zero-order valence-electron chi connectivity index (χ0n) is 10.2. The van der Waals surface area contributed by atoms with Crippen LogP contribution in [-0.4, -0.2) is 25.8 Å². The zero-order valence-corrected chi connectivity index (χ0v) is 11.8. The number of ketones is 1. The fraction of sp³-hybridized carbons (Fsp3) is 0.333. The zero-order chi connectivity index (χ0) is 13.1. The van der Waals surface area contributed by atoms with E-state index in [1.807, 2.05) is 14.0 Å². The van der Waals surface area contributed by atoms with Crippen molar-refractivity contribution in [2.45, 2.75) is 19.8 Å². The summed E-state index contributed by atoms with van der Waals surface area (Å²) >= 11 is 3.50. The Bertz CT molecular complexity index is 565. The van der Waals surface area contributed by atoms with E-state index in [0.717, 1.165) is 22.3 Å². The molecule has 94 valence electrons. The van der Waals surface area contributed by atoms with Crippen molar-refractivity contribution in [2.75, 3.05) is 0 Å². The van der Waals surface area contributed by atoms with Gasteiger partial charge in [0.05, 0.1) is 34.7 Å². The molecule has 0 aromatic carbocycles. The second kappa shape index (κ2) is 5.39. The lowest BCUT2D eigenvalue weighted by molar-refractivity contribution is 0.0990. The van der Waals surface area contributed by atoms with Crippen molar-refractivity contribution in [3.63, 3.8) is 0 Å². The highest BCUT2D eigenvalue weighted by Crippen LogP contribution is 2.22. The Hall–Kier alpha value is -1.56. The second-order valence-electron chi connectivity index (χ2n) is 3.92. The molecule has 0 unspecified atom stereocenters. The van der Waals surface area contributed by atoms with Gasteiger partial charge in [-0.05, 0) is 28.4 Å². The highest BCUT2D eigenvalue weighted by atomic mass is 79.9. The molecule has 0 saturated carbocycles. The summed E-state index contributed by atoms with van der Waals surface area (Å²) in [6, 6.07) is 1.67. The first-order chi connectivity index (χ1) is 8.63. The van der Waals surface area contributed by atoms with Crippen molar-refractivity contribution in [3.05, 3.63) is 39.9 Å². The second-order valence-corrected chi connectivity index (χ2v) is 4.71. The maximum atomic E-state index is 12.1. The molecule has 0 bridgehead atoms. The minimum absolute atomic E-state index is 0.0104. The van der Waals surface area contributed by atoms with Gasteiger partial charge in [0.15, 0.2) is 5.78 Å². The molecule has 0 saturated heterocycles. The third-order valence-electron chi connectivity index (χ3n) is 2.74. The molecule has 2 heterocycles. The maximum Gasteiger partial charge on any atom is 0.170 e. The van der Waals surface area contributed by atoms with E-state index < -0.39 is 0 Å². The third kappa shape index (κ3) is 2.48. The number of rotatable bonds is 4. The third-order valence-corrected chi connectivity index (χ3v) is 3.65. The predicted octanol–water partition coefficient (Wildman–Crippen LogP) is 1.96. The number of halogens is 1. The van der Waals surface area contributed by atoms with E-state index in [2.05, 4.69) is 31.2 Å². The SMILES string of the molecule is CCc1nn(C)c(CC(=O)c2ccnnc2)c1Br. The molecule has 0 aliphatic heterocycles. The number of carbonyl (C=O) groups excluding carboxylic acids is 1. The number of hydrogen-bond acceptors (Lipinski definition) is 4. The summed E-state index contributed by atoms with van der Waals surface area (Å²) in [4.78, 5) is 12.1. The van der Waals surface area contributed by atoms with Gasteiger partial charge in [-0.15, -0.1) is 0 Å². The molecule has 2 rings (SSSR count). The summed E-state index contributed by atoms with van der Waals surface area (Å²) in [5, 5.41) is 11.7. The molecule has 5 nitrogen and oxygen atoms in total. The summed E-state index contributed by atoms with van der Waals surface area (Å²) in [6.45, 7) is 2.03. The van der Waals surface area contributed by atoms with Gasteiger partial charge in [-0.2, -0.15) is 15.3 Å². The summed E-state index contributed by atoms with van der Waals surface area (Å²) in [7, 11) is 1.84. The van der Waals surface area contributed by atoms with Gasteiger partial charge >= 0.3 is 0 Å². The molecule has 0 aliphatic rings. The first-order valence-corrected chi connectivity index (χ1v) is 6.43. The lowest BCUT2D eigenvalue weighted by Crippen LogP contribution is -2.08. The van der Waals surface area contributed by atoms with Crippen LogP contribution in [0, 0.1) is 0 Å². The van der Waals surface area contributed by atoms with Crippen LogP contribution in [0.2, 0.25) is 0 Å². The molecular formula is C12H13BrN4O. The fourth-order valence-corrected chi connectivity index (χ4v) is 2.48. The van der Waals surface area contributed by atoms with Gasteiger partial charge in [-0.3, -0.25) is 9.48 Å². The van der Waals surface area contributed by atoms with E-state index in [4.69, 9.17) is 0 Å². The predicted molar refractivity (Wildman–Crippen MR) is 70.4 cm³/mol. The van der Waals surface area contributed by atoms with Crippen LogP contribution in [-0.2, 0) is 19.9 Å². The van der Waals surface area contributed by atoms with Gasteiger partial charge in [-0.25, -0.2) is 0 Å². The van der Waals surface area contributed by atoms with Gasteiger partial charge in [-0.1, -0.05) is 6.92 Å². The monoisotopic (exact) mass is 308 g/mol. The normalized spacial score (nSPS) is 10.6. The van der Waals surface area contributed by atoms with E-state index >= 15 is 0 Å². The maximum absolute atomic E-state index is 12.1. The van der Waals surface area contributed by atoms with E-state index in [-0.39, 0.29) is 5.78 Å². The molecule has 2 aromatic heterocycles. The van der Waals surface area contributed by atoms with E-state index in [1.165, 1.54) is 12.4 Å².